The molecule has 1 heterocycles. The fourth-order valence-corrected chi connectivity index (χ4v) is 4.13. The van der Waals surface area contributed by atoms with Crippen LogP contribution in [0.3, 0.4) is 0 Å². The topological polar surface area (TPSA) is 75.2 Å². The quantitative estimate of drug-likeness (QED) is 0.794. The largest absolute Gasteiger partial charge is 0.352 e. The van der Waals surface area contributed by atoms with Crippen molar-refractivity contribution >= 4 is 21.8 Å². The molecule has 1 rings (SSSR count). The van der Waals surface area contributed by atoms with E-state index in [1.54, 1.807) is 12.3 Å². The fourth-order valence-electron chi connectivity index (χ4n) is 2.09. The van der Waals surface area contributed by atoms with E-state index in [2.05, 4.69) is 22.2 Å². The average Bonchev–Trinajstić information content (AvgIpc) is 2.36. The van der Waals surface area contributed by atoms with E-state index in [-0.39, 0.29) is 23.8 Å². The van der Waals surface area contributed by atoms with E-state index < -0.39 is 10.0 Å². The van der Waals surface area contributed by atoms with Crippen LogP contribution in [-0.2, 0) is 10.0 Å². The molecule has 1 atom stereocenters. The first-order chi connectivity index (χ1) is 10.2. The Hall–Kier alpha value is -1.37. The minimum absolute atomic E-state index is 0.0609. The molecule has 0 aliphatic carbocycles. The van der Waals surface area contributed by atoms with Gasteiger partial charge in [0.1, 0.15) is 5.82 Å². The normalized spacial score (nSPS) is 13.5. The highest BCUT2D eigenvalue weighted by atomic mass is 32.2. The van der Waals surface area contributed by atoms with Gasteiger partial charge in [-0.05, 0) is 33.1 Å². The Kier molecular flexibility index (Phi) is 6.59. The van der Waals surface area contributed by atoms with Crippen molar-refractivity contribution in [3.05, 3.63) is 12.3 Å². The van der Waals surface area contributed by atoms with Crippen LogP contribution >= 0.6 is 0 Å². The number of nitrogens with zero attached hydrogens (tertiary/aromatic N) is 3. The van der Waals surface area contributed by atoms with E-state index in [1.165, 1.54) is 4.31 Å². The third kappa shape index (κ3) is 5.12. The van der Waals surface area contributed by atoms with E-state index in [0.29, 0.717) is 11.8 Å². The summed E-state index contributed by atoms with van der Waals surface area (Å²) < 4.78 is 26.6. The molecule has 1 aromatic rings. The molecule has 0 amide bonds. The number of hydrogen-bond acceptors (Lipinski definition) is 5. The molecular weight excluding hydrogens is 300 g/mol. The van der Waals surface area contributed by atoms with Gasteiger partial charge in [0.2, 0.25) is 16.0 Å². The monoisotopic (exact) mass is 328 g/mol. The van der Waals surface area contributed by atoms with Gasteiger partial charge in [0.15, 0.2) is 0 Å². The number of anilines is 2. The van der Waals surface area contributed by atoms with Crippen molar-refractivity contribution in [2.24, 2.45) is 5.92 Å². The average molecular weight is 328 g/mol. The summed E-state index contributed by atoms with van der Waals surface area (Å²) >= 11 is 0. The zero-order valence-electron chi connectivity index (χ0n) is 14.4. The Morgan fingerprint density at radius 2 is 1.86 bits per heavy atom. The van der Waals surface area contributed by atoms with Crippen LogP contribution < -0.4 is 9.62 Å². The number of sulfonamides is 1. The summed E-state index contributed by atoms with van der Waals surface area (Å²) in [6.45, 7) is 11.6. The molecule has 22 heavy (non-hydrogen) atoms. The van der Waals surface area contributed by atoms with Gasteiger partial charge in [0.25, 0.3) is 0 Å². The van der Waals surface area contributed by atoms with Gasteiger partial charge < -0.3 is 5.32 Å². The van der Waals surface area contributed by atoms with E-state index in [9.17, 15) is 8.42 Å². The molecule has 0 saturated heterocycles. The first-order valence-corrected chi connectivity index (χ1v) is 9.40. The summed E-state index contributed by atoms with van der Waals surface area (Å²) in [6.07, 6.45) is 2.53. The zero-order chi connectivity index (χ0) is 16.9. The maximum Gasteiger partial charge on any atom is 0.236 e. The summed E-state index contributed by atoms with van der Waals surface area (Å²) in [7, 11) is -3.41. The van der Waals surface area contributed by atoms with Gasteiger partial charge >= 0.3 is 0 Å². The Bertz CT molecular complexity index is 573. The van der Waals surface area contributed by atoms with Crippen molar-refractivity contribution in [3.63, 3.8) is 0 Å². The third-order valence-electron chi connectivity index (χ3n) is 3.17. The molecule has 0 bridgehead atoms. The van der Waals surface area contributed by atoms with Crippen molar-refractivity contribution in [2.75, 3.05) is 15.4 Å². The highest BCUT2D eigenvalue weighted by Gasteiger charge is 2.27. The fraction of sp³-hybridized carbons (Fsp3) is 0.733. The maximum atomic E-state index is 12.6. The zero-order valence-corrected chi connectivity index (χ0v) is 15.2. The molecule has 0 aliphatic heterocycles. The molecule has 0 aromatic carbocycles. The minimum Gasteiger partial charge on any atom is -0.352 e. The standard InChI is InChI=1S/C15H28N4O2S/c1-7-13(6)17-15-16-9-8-14(18-15)19(12(4)5)22(20,21)10-11(2)3/h8-9,11-13H,7,10H2,1-6H3,(H,16,17,18)/t13-/m0/s1. The highest BCUT2D eigenvalue weighted by molar-refractivity contribution is 7.92. The lowest BCUT2D eigenvalue weighted by Crippen LogP contribution is -2.40. The molecule has 0 unspecified atom stereocenters. The molecule has 7 heteroatoms. The van der Waals surface area contributed by atoms with Crippen LogP contribution in [0.4, 0.5) is 11.8 Å². The summed E-state index contributed by atoms with van der Waals surface area (Å²) in [4.78, 5) is 8.55. The highest BCUT2D eigenvalue weighted by Crippen LogP contribution is 2.21. The van der Waals surface area contributed by atoms with Crippen molar-refractivity contribution in [1.29, 1.82) is 0 Å². The number of nitrogens with one attached hydrogen (secondary N) is 1. The molecule has 1 aromatic heterocycles. The van der Waals surface area contributed by atoms with Gasteiger partial charge in [-0.1, -0.05) is 20.8 Å². The Morgan fingerprint density at radius 1 is 1.23 bits per heavy atom. The maximum absolute atomic E-state index is 12.6. The molecule has 0 fully saturated rings. The van der Waals surface area contributed by atoms with Crippen molar-refractivity contribution in [3.8, 4) is 0 Å². The predicted molar refractivity (Wildman–Crippen MR) is 91.6 cm³/mol. The molecule has 0 spiro atoms. The lowest BCUT2D eigenvalue weighted by Gasteiger charge is -2.28. The Morgan fingerprint density at radius 3 is 2.36 bits per heavy atom. The van der Waals surface area contributed by atoms with Crippen LogP contribution in [0.1, 0.15) is 48.0 Å². The third-order valence-corrected chi connectivity index (χ3v) is 5.46. The second kappa shape index (κ2) is 7.76. The Labute approximate surface area is 134 Å². The molecule has 126 valence electrons. The van der Waals surface area contributed by atoms with Crippen LogP contribution in [0, 0.1) is 5.92 Å². The van der Waals surface area contributed by atoms with Gasteiger partial charge in [-0.15, -0.1) is 0 Å². The van der Waals surface area contributed by atoms with E-state index in [4.69, 9.17) is 0 Å². The number of hydrogen-bond donors (Lipinski definition) is 1. The molecule has 0 saturated carbocycles. The first kappa shape index (κ1) is 18.7. The molecular formula is C15H28N4O2S. The van der Waals surface area contributed by atoms with Crippen LogP contribution in [0.5, 0.6) is 0 Å². The van der Waals surface area contributed by atoms with Crippen LogP contribution in [-0.4, -0.2) is 36.2 Å². The molecule has 6 nitrogen and oxygen atoms in total. The SMILES string of the molecule is CC[C@H](C)Nc1nccc(N(C(C)C)S(=O)(=O)CC(C)C)n1. The van der Waals surface area contributed by atoms with Crippen molar-refractivity contribution < 1.29 is 8.42 Å². The van der Waals surface area contributed by atoms with Gasteiger partial charge in [0.05, 0.1) is 5.75 Å². The summed E-state index contributed by atoms with van der Waals surface area (Å²) in [6, 6.07) is 1.67. The predicted octanol–water partition coefficient (Wildman–Crippen LogP) is 2.89. The molecule has 0 aliphatic rings. The van der Waals surface area contributed by atoms with E-state index in [0.717, 1.165) is 6.42 Å². The summed E-state index contributed by atoms with van der Waals surface area (Å²) in [5.74, 6) is 1.03. The van der Waals surface area contributed by atoms with Gasteiger partial charge in [-0.3, -0.25) is 4.31 Å². The van der Waals surface area contributed by atoms with E-state index in [1.807, 2.05) is 34.6 Å². The lowest BCUT2D eigenvalue weighted by atomic mass is 10.3. The second-order valence-corrected chi connectivity index (χ2v) is 8.14. The van der Waals surface area contributed by atoms with Crippen LogP contribution in [0.2, 0.25) is 0 Å². The van der Waals surface area contributed by atoms with E-state index >= 15 is 0 Å². The number of aromatic nitrogens is 2. The summed E-state index contributed by atoms with van der Waals surface area (Å²) in [5.41, 5.74) is 0. The smallest absolute Gasteiger partial charge is 0.236 e. The molecule has 0 radical (unpaired) electrons. The van der Waals surface area contributed by atoms with Gasteiger partial charge in [-0.25, -0.2) is 13.4 Å². The minimum atomic E-state index is -3.41. The lowest BCUT2D eigenvalue weighted by molar-refractivity contribution is 0.570. The van der Waals surface area contributed by atoms with Gasteiger partial charge in [-0.2, -0.15) is 4.98 Å². The van der Waals surface area contributed by atoms with Crippen LogP contribution in [0.15, 0.2) is 12.3 Å². The van der Waals surface area contributed by atoms with Crippen molar-refractivity contribution in [2.45, 2.75) is 60.0 Å². The first-order valence-electron chi connectivity index (χ1n) is 7.79. The van der Waals surface area contributed by atoms with Crippen molar-refractivity contribution in [1.82, 2.24) is 9.97 Å². The second-order valence-electron chi connectivity index (χ2n) is 6.25. The van der Waals surface area contributed by atoms with Crippen LogP contribution in [0.25, 0.3) is 0 Å². The number of rotatable bonds is 8. The molecule has 1 N–H and O–H groups in total. The Balaban J connectivity index is 3.15. The van der Waals surface area contributed by atoms with Gasteiger partial charge in [0, 0.05) is 24.3 Å². The summed E-state index contributed by atoms with van der Waals surface area (Å²) in [5, 5.41) is 3.17.